The Morgan fingerprint density at radius 2 is 2.16 bits per heavy atom. The number of nitrogens with zero attached hydrogens (tertiary/aromatic N) is 1. The summed E-state index contributed by atoms with van der Waals surface area (Å²) < 4.78 is 0. The molecule has 0 aromatic carbocycles. The molecule has 106 valence electrons. The van der Waals surface area contributed by atoms with Gasteiger partial charge in [0.1, 0.15) is 0 Å². The van der Waals surface area contributed by atoms with Gasteiger partial charge >= 0.3 is 0 Å². The Bertz CT molecular complexity index is 394. The standard InChI is InChI=1S/C12H20N4O2S/c1-13-6-4-7-16(2)9-11(17)14-15-12(18)10-5-3-8-19-10/h3,5,8,13H,4,6-7,9H2,1-2H3,(H,14,17)(H,15,18). The summed E-state index contributed by atoms with van der Waals surface area (Å²) >= 11 is 1.33. The highest BCUT2D eigenvalue weighted by Crippen LogP contribution is 2.06. The van der Waals surface area contributed by atoms with Gasteiger partial charge in [-0.2, -0.15) is 0 Å². The first-order valence-corrected chi connectivity index (χ1v) is 6.97. The van der Waals surface area contributed by atoms with Crippen LogP contribution in [-0.4, -0.2) is 50.4 Å². The van der Waals surface area contributed by atoms with E-state index in [1.807, 2.05) is 24.4 Å². The van der Waals surface area contributed by atoms with Gasteiger partial charge in [0.05, 0.1) is 11.4 Å². The summed E-state index contributed by atoms with van der Waals surface area (Å²) in [5.74, 6) is -0.516. The van der Waals surface area contributed by atoms with Crippen LogP contribution in [-0.2, 0) is 4.79 Å². The number of hydrogen-bond acceptors (Lipinski definition) is 5. The summed E-state index contributed by atoms with van der Waals surface area (Å²) in [5.41, 5.74) is 4.79. The molecule has 6 nitrogen and oxygen atoms in total. The van der Waals surface area contributed by atoms with Crippen molar-refractivity contribution in [2.75, 3.05) is 33.7 Å². The van der Waals surface area contributed by atoms with Crippen LogP contribution in [0.25, 0.3) is 0 Å². The van der Waals surface area contributed by atoms with Crippen molar-refractivity contribution in [1.29, 1.82) is 0 Å². The molecule has 0 spiro atoms. The van der Waals surface area contributed by atoms with Crippen molar-refractivity contribution in [1.82, 2.24) is 21.1 Å². The van der Waals surface area contributed by atoms with E-state index in [4.69, 9.17) is 0 Å². The topological polar surface area (TPSA) is 73.5 Å². The highest BCUT2D eigenvalue weighted by Gasteiger charge is 2.09. The second-order valence-electron chi connectivity index (χ2n) is 4.17. The fourth-order valence-corrected chi connectivity index (χ4v) is 2.10. The molecule has 0 unspecified atom stereocenters. The lowest BCUT2D eigenvalue weighted by molar-refractivity contribution is -0.122. The summed E-state index contributed by atoms with van der Waals surface area (Å²) in [5, 5.41) is 4.86. The van der Waals surface area contributed by atoms with E-state index in [2.05, 4.69) is 16.2 Å². The smallest absolute Gasteiger partial charge is 0.279 e. The zero-order valence-electron chi connectivity index (χ0n) is 11.2. The van der Waals surface area contributed by atoms with Crippen LogP contribution in [0.5, 0.6) is 0 Å². The van der Waals surface area contributed by atoms with E-state index in [0.29, 0.717) is 4.88 Å². The molecule has 0 atom stereocenters. The minimum Gasteiger partial charge on any atom is -0.320 e. The van der Waals surface area contributed by atoms with E-state index in [0.717, 1.165) is 19.5 Å². The lowest BCUT2D eigenvalue weighted by Gasteiger charge is -2.16. The van der Waals surface area contributed by atoms with Crippen LogP contribution in [0.2, 0.25) is 0 Å². The van der Waals surface area contributed by atoms with Gasteiger partial charge in [-0.1, -0.05) is 6.07 Å². The second kappa shape index (κ2) is 8.63. The van der Waals surface area contributed by atoms with Gasteiger partial charge in [0.15, 0.2) is 0 Å². The summed E-state index contributed by atoms with van der Waals surface area (Å²) in [6.45, 7) is 2.00. The van der Waals surface area contributed by atoms with Crippen LogP contribution in [0, 0.1) is 0 Å². The molecular formula is C12H20N4O2S. The Hall–Kier alpha value is -1.44. The molecule has 0 saturated heterocycles. The van der Waals surface area contributed by atoms with Gasteiger partial charge in [0, 0.05) is 0 Å². The summed E-state index contributed by atoms with van der Waals surface area (Å²) in [4.78, 5) is 25.6. The maximum absolute atomic E-state index is 11.6. The number of likely N-dealkylation sites (N-methyl/N-ethyl adjacent to an activating group) is 1. The summed E-state index contributed by atoms with van der Waals surface area (Å²) in [6, 6.07) is 3.49. The van der Waals surface area contributed by atoms with Crippen molar-refractivity contribution >= 4 is 23.2 Å². The lowest BCUT2D eigenvalue weighted by Crippen LogP contribution is -2.45. The maximum Gasteiger partial charge on any atom is 0.279 e. The highest BCUT2D eigenvalue weighted by molar-refractivity contribution is 7.12. The van der Waals surface area contributed by atoms with Crippen LogP contribution in [0.15, 0.2) is 17.5 Å². The third kappa shape index (κ3) is 6.32. The molecule has 19 heavy (non-hydrogen) atoms. The number of carbonyl (C=O) groups excluding carboxylic acids is 2. The number of rotatable bonds is 7. The fourth-order valence-electron chi connectivity index (χ4n) is 1.49. The summed E-state index contributed by atoms with van der Waals surface area (Å²) in [6.07, 6.45) is 0.974. The molecule has 0 aliphatic carbocycles. The van der Waals surface area contributed by atoms with Crippen molar-refractivity contribution in [3.05, 3.63) is 22.4 Å². The van der Waals surface area contributed by atoms with Crippen molar-refractivity contribution in [3.63, 3.8) is 0 Å². The Morgan fingerprint density at radius 3 is 2.79 bits per heavy atom. The monoisotopic (exact) mass is 284 g/mol. The predicted molar refractivity (Wildman–Crippen MR) is 76.0 cm³/mol. The maximum atomic E-state index is 11.6. The van der Waals surface area contributed by atoms with Crippen LogP contribution in [0.4, 0.5) is 0 Å². The first-order valence-electron chi connectivity index (χ1n) is 6.09. The van der Waals surface area contributed by atoms with Crippen LogP contribution in [0.1, 0.15) is 16.1 Å². The zero-order chi connectivity index (χ0) is 14.1. The molecule has 0 radical (unpaired) electrons. The van der Waals surface area contributed by atoms with Gasteiger partial charge in [0.25, 0.3) is 11.8 Å². The number of hydrazine groups is 1. The molecular weight excluding hydrogens is 264 g/mol. The van der Waals surface area contributed by atoms with Crippen molar-refractivity contribution in [2.45, 2.75) is 6.42 Å². The molecule has 1 rings (SSSR count). The molecule has 0 fully saturated rings. The molecule has 3 N–H and O–H groups in total. The molecule has 0 aliphatic heterocycles. The second-order valence-corrected chi connectivity index (χ2v) is 5.12. The molecule has 2 amide bonds. The normalized spacial score (nSPS) is 10.5. The first-order chi connectivity index (χ1) is 9.13. The van der Waals surface area contributed by atoms with Crippen LogP contribution < -0.4 is 16.2 Å². The largest absolute Gasteiger partial charge is 0.320 e. The Morgan fingerprint density at radius 1 is 1.37 bits per heavy atom. The molecule has 0 saturated carbocycles. The average Bonchev–Trinajstić information content (AvgIpc) is 2.90. The average molecular weight is 284 g/mol. The van der Waals surface area contributed by atoms with Gasteiger partial charge in [-0.25, -0.2) is 0 Å². The van der Waals surface area contributed by atoms with Gasteiger partial charge in [-0.15, -0.1) is 11.3 Å². The highest BCUT2D eigenvalue weighted by atomic mass is 32.1. The van der Waals surface area contributed by atoms with E-state index in [1.165, 1.54) is 11.3 Å². The van der Waals surface area contributed by atoms with Gasteiger partial charge in [-0.3, -0.25) is 25.3 Å². The first kappa shape index (κ1) is 15.6. The quantitative estimate of drug-likeness (QED) is 0.489. The SMILES string of the molecule is CNCCCN(C)CC(=O)NNC(=O)c1cccs1. The van der Waals surface area contributed by atoms with Crippen molar-refractivity contribution in [3.8, 4) is 0 Å². The predicted octanol–water partition coefficient (Wildman–Crippen LogP) is 0.0504. The number of carbonyl (C=O) groups is 2. The minimum atomic E-state index is -0.291. The number of nitrogens with one attached hydrogen (secondary N) is 3. The van der Waals surface area contributed by atoms with Crippen LogP contribution >= 0.6 is 11.3 Å². The number of hydrogen-bond donors (Lipinski definition) is 3. The Labute approximate surface area is 117 Å². The third-order valence-corrected chi connectivity index (χ3v) is 3.31. The van der Waals surface area contributed by atoms with Gasteiger partial charge < -0.3 is 5.32 Å². The third-order valence-electron chi connectivity index (χ3n) is 2.44. The molecule has 1 heterocycles. The number of amides is 2. The van der Waals surface area contributed by atoms with Gasteiger partial charge in [-0.05, 0) is 45.1 Å². The molecule has 0 bridgehead atoms. The van der Waals surface area contributed by atoms with Crippen molar-refractivity contribution < 1.29 is 9.59 Å². The summed E-state index contributed by atoms with van der Waals surface area (Å²) in [7, 11) is 3.77. The van der Waals surface area contributed by atoms with E-state index < -0.39 is 0 Å². The van der Waals surface area contributed by atoms with Crippen LogP contribution in [0.3, 0.4) is 0 Å². The van der Waals surface area contributed by atoms with Gasteiger partial charge in [0.2, 0.25) is 0 Å². The lowest BCUT2D eigenvalue weighted by atomic mass is 10.4. The van der Waals surface area contributed by atoms with E-state index in [-0.39, 0.29) is 18.4 Å². The molecule has 1 aromatic heterocycles. The number of thiophene rings is 1. The Balaban J connectivity index is 2.19. The van der Waals surface area contributed by atoms with E-state index in [1.54, 1.807) is 12.1 Å². The van der Waals surface area contributed by atoms with E-state index >= 15 is 0 Å². The minimum absolute atomic E-state index is 0.225. The zero-order valence-corrected chi connectivity index (χ0v) is 12.0. The molecule has 1 aromatic rings. The Kier molecular flexibility index (Phi) is 7.09. The fraction of sp³-hybridized carbons (Fsp3) is 0.500. The van der Waals surface area contributed by atoms with Crippen molar-refractivity contribution in [2.24, 2.45) is 0 Å². The molecule has 7 heteroatoms. The molecule has 0 aliphatic rings. The van der Waals surface area contributed by atoms with E-state index in [9.17, 15) is 9.59 Å².